The molecule has 36 heavy (non-hydrogen) atoms. The Morgan fingerprint density at radius 3 is 2.03 bits per heavy atom. The Labute approximate surface area is 211 Å². The second kappa shape index (κ2) is 15.0. The molecule has 0 radical (unpaired) electrons. The van der Waals surface area contributed by atoms with Gasteiger partial charge >= 0.3 is 5.97 Å². The number of ether oxygens (including phenoxy) is 2. The van der Waals surface area contributed by atoms with Gasteiger partial charge in [0.1, 0.15) is 12.3 Å². The molecule has 2 aromatic carbocycles. The van der Waals surface area contributed by atoms with Gasteiger partial charge in [-0.3, -0.25) is 30.0 Å². The van der Waals surface area contributed by atoms with E-state index in [0.717, 1.165) is 31.6 Å². The van der Waals surface area contributed by atoms with Gasteiger partial charge in [-0.25, -0.2) is 0 Å². The van der Waals surface area contributed by atoms with Crippen molar-refractivity contribution >= 4 is 29.4 Å². The third-order valence-corrected chi connectivity index (χ3v) is 5.21. The molecule has 10 nitrogen and oxygen atoms in total. The molecule has 0 aliphatic heterocycles. The fraction of sp³-hybridized carbons (Fsp3) is 0.385. The maximum Gasteiger partial charge on any atom is 0.325 e. The van der Waals surface area contributed by atoms with E-state index >= 15 is 0 Å². The number of carbonyl (C=O) groups is 4. The summed E-state index contributed by atoms with van der Waals surface area (Å²) in [5, 5.41) is 2.43. The van der Waals surface area contributed by atoms with Crippen molar-refractivity contribution in [3.63, 3.8) is 0 Å². The average Bonchev–Trinajstić information content (AvgIpc) is 2.90. The highest BCUT2D eigenvalue weighted by Crippen LogP contribution is 2.15. The fourth-order valence-corrected chi connectivity index (χ4v) is 3.14. The molecule has 0 unspecified atom stereocenters. The highest BCUT2D eigenvalue weighted by Gasteiger charge is 2.13. The molecule has 0 aromatic heterocycles. The molecule has 10 heteroatoms. The van der Waals surface area contributed by atoms with Crippen molar-refractivity contribution in [2.45, 2.75) is 33.6 Å². The van der Waals surface area contributed by atoms with Gasteiger partial charge in [-0.15, -0.1) is 0 Å². The Balaban J connectivity index is 1.68. The van der Waals surface area contributed by atoms with Crippen molar-refractivity contribution < 1.29 is 28.7 Å². The highest BCUT2D eigenvalue weighted by molar-refractivity contribution is 5.97. The minimum Gasteiger partial charge on any atom is -0.494 e. The minimum absolute atomic E-state index is 0.358. The maximum absolute atomic E-state index is 12.2. The summed E-state index contributed by atoms with van der Waals surface area (Å²) in [5.41, 5.74) is 6.17. The van der Waals surface area contributed by atoms with Crippen molar-refractivity contribution in [1.82, 2.24) is 16.2 Å². The van der Waals surface area contributed by atoms with Crippen molar-refractivity contribution in [3.8, 4) is 5.75 Å². The Morgan fingerprint density at radius 2 is 1.42 bits per heavy atom. The number of unbranched alkanes of at least 4 members (excludes halogenated alkanes) is 1. The lowest BCUT2D eigenvalue weighted by Crippen LogP contribution is -2.44. The quantitative estimate of drug-likeness (QED) is 0.220. The van der Waals surface area contributed by atoms with Gasteiger partial charge < -0.3 is 19.7 Å². The van der Waals surface area contributed by atoms with Crippen LogP contribution in [-0.2, 0) is 14.3 Å². The van der Waals surface area contributed by atoms with E-state index in [2.05, 4.69) is 28.0 Å². The van der Waals surface area contributed by atoms with Gasteiger partial charge in [-0.2, -0.15) is 0 Å². The van der Waals surface area contributed by atoms with Crippen LogP contribution in [-0.4, -0.2) is 56.5 Å². The van der Waals surface area contributed by atoms with E-state index in [0.29, 0.717) is 23.5 Å². The zero-order valence-electron chi connectivity index (χ0n) is 21.0. The Hall–Kier alpha value is -4.08. The molecule has 0 saturated carbocycles. The first kappa shape index (κ1) is 28.2. The zero-order valence-corrected chi connectivity index (χ0v) is 21.0. The number of carbonyl (C=O) groups excluding carboxylic acids is 4. The van der Waals surface area contributed by atoms with Crippen molar-refractivity contribution in [2.24, 2.45) is 0 Å². The number of hydrogen-bond acceptors (Lipinski definition) is 7. The number of hydrogen-bond donors (Lipinski definition) is 3. The van der Waals surface area contributed by atoms with E-state index in [1.165, 1.54) is 0 Å². The molecular formula is C26H34N4O6. The van der Waals surface area contributed by atoms with Gasteiger partial charge in [-0.05, 0) is 68.8 Å². The van der Waals surface area contributed by atoms with Crippen LogP contribution in [0.25, 0.3) is 0 Å². The van der Waals surface area contributed by atoms with Crippen LogP contribution in [0.15, 0.2) is 48.5 Å². The largest absolute Gasteiger partial charge is 0.494 e. The highest BCUT2D eigenvalue weighted by atomic mass is 16.5. The summed E-state index contributed by atoms with van der Waals surface area (Å²) in [4.78, 5) is 50.3. The van der Waals surface area contributed by atoms with Crippen LogP contribution in [0, 0.1) is 0 Å². The molecule has 0 aliphatic carbocycles. The van der Waals surface area contributed by atoms with Gasteiger partial charge in [0.15, 0.2) is 6.61 Å². The van der Waals surface area contributed by atoms with Gasteiger partial charge in [0, 0.05) is 29.9 Å². The Kier molecular flexibility index (Phi) is 11.8. The number of anilines is 1. The molecule has 0 aliphatic rings. The fourth-order valence-electron chi connectivity index (χ4n) is 3.14. The molecule has 2 rings (SSSR count). The maximum atomic E-state index is 12.2. The number of nitrogens with one attached hydrogen (secondary N) is 3. The molecule has 0 spiro atoms. The third kappa shape index (κ3) is 9.28. The zero-order chi connectivity index (χ0) is 26.3. The Bertz CT molecular complexity index is 1000. The number of esters is 1. The van der Waals surface area contributed by atoms with Crippen LogP contribution in [0.2, 0.25) is 0 Å². The standard InChI is InChI=1S/C26H34N4O6/c1-4-7-16-35-22-14-10-19(11-15-22)25(33)27-17-24(32)36-18-23(31)28-29-26(34)20-8-12-21(13-9-20)30(5-2)6-3/h8-15H,4-7,16-18H2,1-3H3,(H,27,33)(H,28,31)(H,29,34). The van der Waals surface area contributed by atoms with Crippen LogP contribution in [0.4, 0.5) is 5.69 Å². The summed E-state index contributed by atoms with van der Waals surface area (Å²) in [7, 11) is 0. The summed E-state index contributed by atoms with van der Waals surface area (Å²) in [5.74, 6) is -1.82. The number of amides is 3. The lowest BCUT2D eigenvalue weighted by atomic mass is 10.2. The van der Waals surface area contributed by atoms with Gasteiger partial charge in [0.2, 0.25) is 0 Å². The normalized spacial score (nSPS) is 10.2. The topological polar surface area (TPSA) is 126 Å². The lowest BCUT2D eigenvalue weighted by molar-refractivity contribution is -0.147. The minimum atomic E-state index is -0.795. The first-order valence-electron chi connectivity index (χ1n) is 12.0. The van der Waals surface area contributed by atoms with Crippen molar-refractivity contribution in [2.75, 3.05) is 37.7 Å². The summed E-state index contributed by atoms with van der Waals surface area (Å²) >= 11 is 0. The second-order valence-corrected chi connectivity index (χ2v) is 7.79. The number of hydrazine groups is 1. The van der Waals surface area contributed by atoms with E-state index < -0.39 is 36.8 Å². The summed E-state index contributed by atoms with van der Waals surface area (Å²) < 4.78 is 10.4. The SMILES string of the molecule is CCCCOc1ccc(C(=O)NCC(=O)OCC(=O)NNC(=O)c2ccc(N(CC)CC)cc2)cc1. The third-order valence-electron chi connectivity index (χ3n) is 5.21. The second-order valence-electron chi connectivity index (χ2n) is 7.79. The molecule has 3 N–H and O–H groups in total. The number of benzene rings is 2. The monoisotopic (exact) mass is 498 g/mol. The molecule has 0 saturated heterocycles. The summed E-state index contributed by atoms with van der Waals surface area (Å²) in [6.07, 6.45) is 1.97. The molecular weight excluding hydrogens is 464 g/mol. The Morgan fingerprint density at radius 1 is 0.806 bits per heavy atom. The van der Waals surface area contributed by atoms with Crippen LogP contribution in [0.3, 0.4) is 0 Å². The van der Waals surface area contributed by atoms with Crippen LogP contribution < -0.4 is 25.8 Å². The van der Waals surface area contributed by atoms with E-state index in [-0.39, 0.29) is 0 Å². The van der Waals surface area contributed by atoms with E-state index in [1.807, 2.05) is 26.0 Å². The molecule has 0 atom stereocenters. The van der Waals surface area contributed by atoms with E-state index in [9.17, 15) is 19.2 Å². The lowest BCUT2D eigenvalue weighted by Gasteiger charge is -2.21. The van der Waals surface area contributed by atoms with Gasteiger partial charge in [0.25, 0.3) is 17.7 Å². The molecule has 0 bridgehead atoms. The van der Waals surface area contributed by atoms with E-state index in [1.54, 1.807) is 36.4 Å². The van der Waals surface area contributed by atoms with Crippen LogP contribution in [0.1, 0.15) is 54.3 Å². The van der Waals surface area contributed by atoms with Crippen LogP contribution in [0.5, 0.6) is 5.75 Å². The number of nitrogens with zero attached hydrogens (tertiary/aromatic N) is 1. The summed E-state index contributed by atoms with van der Waals surface area (Å²) in [6, 6.07) is 13.5. The predicted octanol–water partition coefficient (Wildman–Crippen LogP) is 2.45. The molecule has 194 valence electrons. The van der Waals surface area contributed by atoms with Crippen molar-refractivity contribution in [3.05, 3.63) is 59.7 Å². The molecule has 2 aromatic rings. The van der Waals surface area contributed by atoms with Crippen molar-refractivity contribution in [1.29, 1.82) is 0 Å². The summed E-state index contributed by atoms with van der Waals surface area (Å²) in [6.45, 7) is 7.44. The average molecular weight is 499 g/mol. The smallest absolute Gasteiger partial charge is 0.325 e. The van der Waals surface area contributed by atoms with Gasteiger partial charge in [-0.1, -0.05) is 13.3 Å². The first-order valence-corrected chi connectivity index (χ1v) is 12.0. The molecule has 0 heterocycles. The number of rotatable bonds is 13. The predicted molar refractivity (Wildman–Crippen MR) is 136 cm³/mol. The first-order chi connectivity index (χ1) is 17.4. The van der Waals surface area contributed by atoms with Gasteiger partial charge in [0.05, 0.1) is 6.61 Å². The molecule has 3 amide bonds. The van der Waals surface area contributed by atoms with E-state index in [4.69, 9.17) is 9.47 Å². The van der Waals surface area contributed by atoms with Crippen LogP contribution >= 0.6 is 0 Å². The molecule has 0 fully saturated rings.